The van der Waals surface area contributed by atoms with Crippen LogP contribution in [0.25, 0.3) is 0 Å². The monoisotopic (exact) mass is 206 g/mol. The first-order chi connectivity index (χ1) is 4.39. The second kappa shape index (κ2) is 3.49. The molecule has 0 aromatic carbocycles. The molecule has 0 aliphatic rings. The highest BCUT2D eigenvalue weighted by Gasteiger charge is 2.27. The molecule has 1 unspecified atom stereocenters. The Morgan fingerprint density at radius 2 is 2.20 bits per heavy atom. The van der Waals surface area contributed by atoms with Crippen molar-refractivity contribution in [2.24, 2.45) is 5.73 Å². The van der Waals surface area contributed by atoms with Crippen molar-refractivity contribution in [3.8, 4) is 0 Å². The molecule has 2 N–H and O–H groups in total. The van der Waals surface area contributed by atoms with E-state index in [1.54, 1.807) is 13.8 Å². The lowest BCUT2D eigenvalue weighted by Crippen LogP contribution is -2.40. The van der Waals surface area contributed by atoms with Crippen molar-refractivity contribution in [1.82, 2.24) is 0 Å². The lowest BCUT2D eigenvalue weighted by atomic mass is 10.0. The van der Waals surface area contributed by atoms with E-state index < -0.39 is 10.4 Å². The van der Waals surface area contributed by atoms with Crippen LogP contribution in [0.5, 0.6) is 0 Å². The van der Waals surface area contributed by atoms with E-state index in [4.69, 9.17) is 5.73 Å². The Balaban J connectivity index is 4.09. The van der Waals surface area contributed by atoms with E-state index in [-0.39, 0.29) is 5.78 Å². The van der Waals surface area contributed by atoms with Gasteiger partial charge in [0, 0.05) is 0 Å². The van der Waals surface area contributed by atoms with Crippen molar-refractivity contribution < 1.29 is 4.79 Å². The molecule has 0 saturated carbocycles. The maximum absolute atomic E-state index is 11.2. The van der Waals surface area contributed by atoms with Gasteiger partial charge in [-0.1, -0.05) is 22.9 Å². The van der Waals surface area contributed by atoms with Crippen LogP contribution in [-0.4, -0.2) is 16.1 Å². The largest absolute Gasteiger partial charge is 0.321 e. The van der Waals surface area contributed by atoms with E-state index in [1.165, 1.54) is 0 Å². The van der Waals surface area contributed by atoms with Crippen molar-refractivity contribution in [2.75, 3.05) is 0 Å². The van der Waals surface area contributed by atoms with Gasteiger partial charge in [0.15, 0.2) is 5.78 Å². The summed E-state index contributed by atoms with van der Waals surface area (Å²) in [5.41, 5.74) is 5.46. The second-order valence-corrected chi connectivity index (χ2v) is 4.71. The number of ketones is 1. The number of rotatable bonds is 3. The van der Waals surface area contributed by atoms with Gasteiger partial charge in [0.25, 0.3) is 0 Å². The maximum Gasteiger partial charge on any atom is 0.165 e. The summed E-state index contributed by atoms with van der Waals surface area (Å²) in [4.78, 5) is 11.2. The van der Waals surface area contributed by atoms with Crippen LogP contribution in [0.4, 0.5) is 0 Å². The molecule has 0 aromatic rings. The van der Waals surface area contributed by atoms with E-state index >= 15 is 0 Å². The van der Waals surface area contributed by atoms with Crippen molar-refractivity contribution >= 4 is 21.7 Å². The SMILES string of the molecule is [CH2]CC(N)C(=O)C(C)(C)Br. The van der Waals surface area contributed by atoms with Gasteiger partial charge in [0.05, 0.1) is 10.4 Å². The summed E-state index contributed by atoms with van der Waals surface area (Å²) in [6, 6.07) is -0.436. The first-order valence-electron chi connectivity index (χ1n) is 3.17. The molecule has 0 amide bonds. The summed E-state index contributed by atoms with van der Waals surface area (Å²) in [6.45, 7) is 7.12. The number of Topliss-reactive ketones (excluding diaryl/α,β-unsaturated/α-hetero) is 1. The van der Waals surface area contributed by atoms with Gasteiger partial charge in [-0.2, -0.15) is 0 Å². The minimum Gasteiger partial charge on any atom is -0.321 e. The number of nitrogens with two attached hydrogens (primary N) is 1. The first-order valence-corrected chi connectivity index (χ1v) is 3.97. The fourth-order valence-corrected chi connectivity index (χ4v) is 0.866. The van der Waals surface area contributed by atoms with Gasteiger partial charge < -0.3 is 5.73 Å². The number of hydrogen-bond donors (Lipinski definition) is 1. The molecular weight excluding hydrogens is 194 g/mol. The van der Waals surface area contributed by atoms with Crippen molar-refractivity contribution in [3.05, 3.63) is 6.92 Å². The molecule has 0 spiro atoms. The Bertz CT molecular complexity index is 128. The third kappa shape index (κ3) is 2.80. The van der Waals surface area contributed by atoms with Gasteiger partial charge in [0.1, 0.15) is 0 Å². The Morgan fingerprint density at radius 1 is 1.80 bits per heavy atom. The molecule has 0 heterocycles. The number of carbonyl (C=O) groups is 1. The van der Waals surface area contributed by atoms with Crippen LogP contribution < -0.4 is 5.73 Å². The Hall–Kier alpha value is 0.110. The van der Waals surface area contributed by atoms with Gasteiger partial charge >= 0.3 is 0 Å². The second-order valence-electron chi connectivity index (χ2n) is 2.73. The van der Waals surface area contributed by atoms with E-state index in [0.29, 0.717) is 6.42 Å². The lowest BCUT2D eigenvalue weighted by Gasteiger charge is -2.18. The fraction of sp³-hybridized carbons (Fsp3) is 0.714. The standard InChI is InChI=1S/C7H13BrNO/c1-4-5(9)6(10)7(2,3)8/h5H,1,4,9H2,2-3H3. The van der Waals surface area contributed by atoms with Crippen molar-refractivity contribution in [3.63, 3.8) is 0 Å². The third-order valence-electron chi connectivity index (χ3n) is 1.23. The summed E-state index contributed by atoms with van der Waals surface area (Å²) in [7, 11) is 0. The van der Waals surface area contributed by atoms with Crippen molar-refractivity contribution in [2.45, 2.75) is 30.6 Å². The highest BCUT2D eigenvalue weighted by atomic mass is 79.9. The molecule has 10 heavy (non-hydrogen) atoms. The molecule has 0 saturated heterocycles. The number of halogens is 1. The molecule has 0 aliphatic heterocycles. The smallest absolute Gasteiger partial charge is 0.165 e. The Morgan fingerprint density at radius 3 is 2.30 bits per heavy atom. The molecule has 0 aromatic heterocycles. The molecule has 1 radical (unpaired) electrons. The van der Waals surface area contributed by atoms with Crippen LogP contribution in [0.15, 0.2) is 0 Å². The number of alkyl halides is 1. The molecule has 0 fully saturated rings. The zero-order valence-corrected chi connectivity index (χ0v) is 7.94. The summed E-state index contributed by atoms with van der Waals surface area (Å²) < 4.78 is -0.510. The predicted molar refractivity (Wildman–Crippen MR) is 46.0 cm³/mol. The van der Waals surface area contributed by atoms with Gasteiger partial charge in [-0.05, 0) is 20.3 Å². The van der Waals surface area contributed by atoms with E-state index in [9.17, 15) is 4.79 Å². The molecule has 0 rings (SSSR count). The fourth-order valence-electron chi connectivity index (χ4n) is 0.572. The topological polar surface area (TPSA) is 43.1 Å². The van der Waals surface area contributed by atoms with Crippen LogP contribution in [0.2, 0.25) is 0 Å². The highest BCUT2D eigenvalue weighted by molar-refractivity contribution is 9.10. The molecule has 3 heteroatoms. The van der Waals surface area contributed by atoms with E-state index in [1.807, 2.05) is 0 Å². The van der Waals surface area contributed by atoms with Crippen molar-refractivity contribution in [1.29, 1.82) is 0 Å². The maximum atomic E-state index is 11.2. The minimum absolute atomic E-state index is 0.00231. The summed E-state index contributed by atoms with van der Waals surface area (Å²) in [6.07, 6.45) is 0.452. The van der Waals surface area contributed by atoms with E-state index in [0.717, 1.165) is 0 Å². The van der Waals surface area contributed by atoms with Gasteiger partial charge in [-0.25, -0.2) is 0 Å². The molecule has 0 bridgehead atoms. The third-order valence-corrected chi connectivity index (χ3v) is 1.62. The quantitative estimate of drug-likeness (QED) is 0.708. The Labute approximate surface area is 70.3 Å². The average molecular weight is 207 g/mol. The molecule has 0 aliphatic carbocycles. The average Bonchev–Trinajstić information content (AvgIpc) is 1.83. The first kappa shape index (κ1) is 10.1. The molecular formula is C7H13BrNO. The zero-order chi connectivity index (χ0) is 8.36. The van der Waals surface area contributed by atoms with Crippen LogP contribution in [0, 0.1) is 6.92 Å². The summed E-state index contributed by atoms with van der Waals surface area (Å²) in [5, 5.41) is 0. The van der Waals surface area contributed by atoms with Crippen LogP contribution in [-0.2, 0) is 4.79 Å². The Kier molecular flexibility index (Phi) is 3.52. The minimum atomic E-state index is -0.510. The molecule has 59 valence electrons. The molecule has 2 nitrogen and oxygen atoms in total. The summed E-state index contributed by atoms with van der Waals surface area (Å²) in [5.74, 6) is 0.00231. The summed E-state index contributed by atoms with van der Waals surface area (Å²) >= 11 is 3.23. The normalized spacial score (nSPS) is 14.9. The highest BCUT2D eigenvalue weighted by Crippen LogP contribution is 2.18. The van der Waals surface area contributed by atoms with Crippen LogP contribution in [0.1, 0.15) is 20.3 Å². The zero-order valence-electron chi connectivity index (χ0n) is 6.36. The van der Waals surface area contributed by atoms with Gasteiger partial charge in [-0.3, -0.25) is 4.79 Å². The van der Waals surface area contributed by atoms with Crippen LogP contribution in [0.3, 0.4) is 0 Å². The van der Waals surface area contributed by atoms with Gasteiger partial charge in [-0.15, -0.1) is 0 Å². The number of carbonyl (C=O) groups excluding carboxylic acids is 1. The van der Waals surface area contributed by atoms with Gasteiger partial charge in [0.2, 0.25) is 0 Å². The van der Waals surface area contributed by atoms with Crippen LogP contribution >= 0.6 is 15.9 Å². The predicted octanol–water partition coefficient (Wildman–Crippen LogP) is 1.28. The molecule has 1 atom stereocenters. The number of hydrogen-bond acceptors (Lipinski definition) is 2. The van der Waals surface area contributed by atoms with E-state index in [2.05, 4.69) is 22.9 Å². The lowest BCUT2D eigenvalue weighted by molar-refractivity contribution is -0.121.